The van der Waals surface area contributed by atoms with Crippen LogP contribution in [0.25, 0.3) is 0 Å². The highest BCUT2D eigenvalue weighted by molar-refractivity contribution is 7.90. The fourth-order valence-electron chi connectivity index (χ4n) is 1.14. The zero-order chi connectivity index (χ0) is 11.5. The highest BCUT2D eigenvalue weighted by Crippen LogP contribution is 2.08. The lowest BCUT2D eigenvalue weighted by atomic mass is 10.2. The molecular formula is C7H12N2O5S. The topological polar surface area (TPSA) is 102 Å². The zero-order valence-electron chi connectivity index (χ0n) is 8.15. The SMILES string of the molecule is COC(=O)CNC(=O)CC1CS(=O)(=O)N1. The van der Waals surface area contributed by atoms with Gasteiger partial charge in [0, 0.05) is 12.5 Å². The molecule has 0 bridgehead atoms. The first-order valence-corrected chi connectivity index (χ1v) is 5.91. The minimum absolute atomic E-state index is 0.0379. The minimum Gasteiger partial charge on any atom is -0.468 e. The number of carbonyl (C=O) groups is 2. The molecule has 7 nitrogen and oxygen atoms in total. The molecule has 0 aromatic carbocycles. The Labute approximate surface area is 87.2 Å². The summed E-state index contributed by atoms with van der Waals surface area (Å²) in [5, 5.41) is 2.31. The predicted molar refractivity (Wildman–Crippen MR) is 50.4 cm³/mol. The summed E-state index contributed by atoms with van der Waals surface area (Å²) in [4.78, 5) is 21.8. The maximum atomic E-state index is 11.1. The average Bonchev–Trinajstić information content (AvgIpc) is 2.11. The van der Waals surface area contributed by atoms with Gasteiger partial charge in [-0.1, -0.05) is 0 Å². The summed E-state index contributed by atoms with van der Waals surface area (Å²) < 4.78 is 27.9. The van der Waals surface area contributed by atoms with Crippen LogP contribution in [0.4, 0.5) is 0 Å². The molecule has 8 heteroatoms. The van der Waals surface area contributed by atoms with Crippen LogP contribution in [0.5, 0.6) is 0 Å². The summed E-state index contributed by atoms with van der Waals surface area (Å²) in [6, 6.07) is -0.354. The Bertz CT molecular complexity index is 352. The molecule has 1 saturated heterocycles. The van der Waals surface area contributed by atoms with Crippen LogP contribution in [0.15, 0.2) is 0 Å². The van der Waals surface area contributed by atoms with Crippen molar-refractivity contribution in [2.45, 2.75) is 12.5 Å². The smallest absolute Gasteiger partial charge is 0.325 e. The van der Waals surface area contributed by atoms with Crippen LogP contribution < -0.4 is 10.0 Å². The van der Waals surface area contributed by atoms with Crippen LogP contribution in [-0.2, 0) is 24.3 Å². The number of methoxy groups -OCH3 is 1. The molecule has 1 atom stereocenters. The summed E-state index contributed by atoms with van der Waals surface area (Å²) in [6.07, 6.45) is 0.0379. The van der Waals surface area contributed by atoms with Crippen LogP contribution >= 0.6 is 0 Å². The van der Waals surface area contributed by atoms with Crippen molar-refractivity contribution in [3.8, 4) is 0 Å². The van der Waals surface area contributed by atoms with E-state index in [4.69, 9.17) is 0 Å². The highest BCUT2D eigenvalue weighted by Gasteiger charge is 2.33. The molecule has 1 aliphatic heterocycles. The Kier molecular flexibility index (Phi) is 3.64. The molecule has 86 valence electrons. The monoisotopic (exact) mass is 236 g/mol. The Balaban J connectivity index is 2.18. The van der Waals surface area contributed by atoms with Crippen LogP contribution in [0.2, 0.25) is 0 Å². The summed E-state index contributed by atoms with van der Waals surface area (Å²) >= 11 is 0. The van der Waals surface area contributed by atoms with Gasteiger partial charge in [0.2, 0.25) is 15.9 Å². The molecule has 0 aliphatic carbocycles. The first kappa shape index (κ1) is 11.9. The van der Waals surface area contributed by atoms with Gasteiger partial charge in [0.1, 0.15) is 6.54 Å². The molecule has 0 radical (unpaired) electrons. The van der Waals surface area contributed by atoms with Gasteiger partial charge in [0.15, 0.2) is 0 Å². The first-order chi connectivity index (χ1) is 6.93. The molecule has 1 fully saturated rings. The Hall–Kier alpha value is -1.15. The van der Waals surface area contributed by atoms with Crippen LogP contribution in [-0.4, -0.2) is 45.7 Å². The van der Waals surface area contributed by atoms with Gasteiger partial charge in [-0.05, 0) is 0 Å². The molecule has 2 N–H and O–H groups in total. The maximum absolute atomic E-state index is 11.1. The number of hydrogen-bond acceptors (Lipinski definition) is 5. The molecular weight excluding hydrogens is 224 g/mol. The minimum atomic E-state index is -3.13. The maximum Gasteiger partial charge on any atom is 0.325 e. The molecule has 0 aromatic heterocycles. The molecule has 1 amide bonds. The number of amides is 1. The quantitative estimate of drug-likeness (QED) is 0.548. The van der Waals surface area contributed by atoms with Gasteiger partial charge in [0.25, 0.3) is 0 Å². The van der Waals surface area contributed by atoms with E-state index < -0.39 is 16.0 Å². The van der Waals surface area contributed by atoms with Crippen molar-refractivity contribution in [3.05, 3.63) is 0 Å². The molecule has 15 heavy (non-hydrogen) atoms. The van der Waals surface area contributed by atoms with E-state index in [1.165, 1.54) is 7.11 Å². The highest BCUT2D eigenvalue weighted by atomic mass is 32.2. The summed E-state index contributed by atoms with van der Waals surface area (Å²) in [5.74, 6) is -0.969. The average molecular weight is 236 g/mol. The summed E-state index contributed by atoms with van der Waals surface area (Å²) in [5.41, 5.74) is 0. The second kappa shape index (κ2) is 4.58. The second-order valence-electron chi connectivity index (χ2n) is 3.15. The van der Waals surface area contributed by atoms with E-state index in [2.05, 4.69) is 14.8 Å². The number of sulfonamides is 1. The van der Waals surface area contributed by atoms with E-state index >= 15 is 0 Å². The first-order valence-electron chi connectivity index (χ1n) is 4.26. The van der Waals surface area contributed by atoms with Crippen molar-refractivity contribution in [2.75, 3.05) is 19.4 Å². The van der Waals surface area contributed by atoms with E-state index in [-0.39, 0.29) is 30.7 Å². The summed E-state index contributed by atoms with van der Waals surface area (Å²) in [6.45, 7) is -0.200. The molecule has 1 aliphatic rings. The van der Waals surface area contributed by atoms with Crippen molar-refractivity contribution < 1.29 is 22.7 Å². The van der Waals surface area contributed by atoms with Crippen LogP contribution in [0.3, 0.4) is 0 Å². The Morgan fingerprint density at radius 3 is 2.60 bits per heavy atom. The van der Waals surface area contributed by atoms with Gasteiger partial charge in [-0.25, -0.2) is 13.1 Å². The van der Waals surface area contributed by atoms with Gasteiger partial charge in [-0.3, -0.25) is 9.59 Å². The number of rotatable bonds is 4. The van der Waals surface area contributed by atoms with Crippen molar-refractivity contribution in [1.29, 1.82) is 0 Å². The number of nitrogens with one attached hydrogen (secondary N) is 2. The van der Waals surface area contributed by atoms with Crippen LogP contribution in [0.1, 0.15) is 6.42 Å². The number of esters is 1. The lowest BCUT2D eigenvalue weighted by Crippen LogP contribution is -2.54. The van der Waals surface area contributed by atoms with Gasteiger partial charge < -0.3 is 10.1 Å². The van der Waals surface area contributed by atoms with Crippen LogP contribution in [0, 0.1) is 0 Å². The Morgan fingerprint density at radius 1 is 1.53 bits per heavy atom. The van der Waals surface area contributed by atoms with E-state index in [0.29, 0.717) is 0 Å². The van der Waals surface area contributed by atoms with Crippen molar-refractivity contribution in [1.82, 2.24) is 10.0 Å². The molecule has 0 spiro atoms. The van der Waals surface area contributed by atoms with Gasteiger partial charge in [-0.15, -0.1) is 0 Å². The third-order valence-corrected chi connectivity index (χ3v) is 3.39. The fourth-order valence-corrected chi connectivity index (χ4v) is 2.35. The van der Waals surface area contributed by atoms with E-state index in [9.17, 15) is 18.0 Å². The predicted octanol–water partition coefficient (Wildman–Crippen LogP) is -2.03. The van der Waals surface area contributed by atoms with Crippen molar-refractivity contribution in [3.63, 3.8) is 0 Å². The summed E-state index contributed by atoms with van der Waals surface area (Å²) in [7, 11) is -1.92. The Morgan fingerprint density at radius 2 is 2.13 bits per heavy atom. The number of hydrogen-bond donors (Lipinski definition) is 2. The third kappa shape index (κ3) is 3.84. The lowest BCUT2D eigenvalue weighted by molar-refractivity contribution is -0.141. The lowest BCUT2D eigenvalue weighted by Gasteiger charge is -2.26. The zero-order valence-corrected chi connectivity index (χ0v) is 8.96. The second-order valence-corrected chi connectivity index (χ2v) is 4.95. The van der Waals surface area contributed by atoms with Gasteiger partial charge >= 0.3 is 5.97 Å². The normalized spacial score (nSPS) is 22.6. The molecule has 1 unspecified atom stereocenters. The fraction of sp³-hybridized carbons (Fsp3) is 0.714. The van der Waals surface area contributed by atoms with Gasteiger partial charge in [0.05, 0.1) is 12.9 Å². The third-order valence-electron chi connectivity index (χ3n) is 1.86. The standard InChI is InChI=1S/C7H12N2O5S/c1-14-7(11)3-8-6(10)2-5-4-15(12,13)9-5/h5,9H,2-4H2,1H3,(H,8,10). The molecule has 1 heterocycles. The number of carbonyl (C=O) groups excluding carboxylic acids is 2. The van der Waals surface area contributed by atoms with E-state index in [0.717, 1.165) is 0 Å². The molecule has 1 rings (SSSR count). The van der Waals surface area contributed by atoms with E-state index in [1.54, 1.807) is 0 Å². The molecule has 0 saturated carbocycles. The van der Waals surface area contributed by atoms with Crippen molar-refractivity contribution in [2.24, 2.45) is 0 Å². The largest absolute Gasteiger partial charge is 0.468 e. The molecule has 0 aromatic rings. The van der Waals surface area contributed by atoms with E-state index in [1.807, 2.05) is 0 Å². The van der Waals surface area contributed by atoms with Gasteiger partial charge in [-0.2, -0.15) is 0 Å². The van der Waals surface area contributed by atoms with Crippen molar-refractivity contribution >= 4 is 21.9 Å². The number of ether oxygens (including phenoxy) is 1.